The number of piperidine rings is 1. The fourth-order valence-corrected chi connectivity index (χ4v) is 3.37. The lowest BCUT2D eigenvalue weighted by atomic mass is 10.1. The van der Waals surface area contributed by atoms with Crippen LogP contribution in [0.3, 0.4) is 0 Å². The highest BCUT2D eigenvalue weighted by Gasteiger charge is 2.11. The van der Waals surface area contributed by atoms with E-state index < -0.39 is 0 Å². The number of urea groups is 1. The van der Waals surface area contributed by atoms with Crippen molar-refractivity contribution in [2.24, 2.45) is 0 Å². The second-order valence-electron chi connectivity index (χ2n) is 7.40. The molecule has 0 spiro atoms. The number of amides is 2. The van der Waals surface area contributed by atoms with Crippen molar-refractivity contribution in [2.45, 2.75) is 45.7 Å². The summed E-state index contributed by atoms with van der Waals surface area (Å²) in [5.74, 6) is 0. The van der Waals surface area contributed by atoms with Gasteiger partial charge in [-0.25, -0.2) is 4.79 Å². The zero-order valence-electron chi connectivity index (χ0n) is 16.3. The average Bonchev–Trinajstić information content (AvgIpc) is 2.67. The van der Waals surface area contributed by atoms with Crippen molar-refractivity contribution in [1.82, 2.24) is 5.32 Å². The van der Waals surface area contributed by atoms with Crippen LogP contribution in [0.25, 0.3) is 0 Å². The first-order valence-corrected chi connectivity index (χ1v) is 9.85. The Kier molecular flexibility index (Phi) is 6.58. The number of rotatable bonds is 6. The molecule has 3 rings (SSSR count). The Labute approximate surface area is 162 Å². The second kappa shape index (κ2) is 9.31. The molecule has 0 atom stereocenters. The summed E-state index contributed by atoms with van der Waals surface area (Å²) in [6, 6.07) is 16.4. The molecule has 1 fully saturated rings. The third kappa shape index (κ3) is 5.91. The van der Waals surface area contributed by atoms with Gasteiger partial charge in [0, 0.05) is 42.7 Å². The number of nitrogens with one attached hydrogen (secondary N) is 3. The number of anilines is 3. The van der Waals surface area contributed by atoms with E-state index in [0.717, 1.165) is 30.0 Å². The van der Waals surface area contributed by atoms with E-state index in [9.17, 15) is 4.79 Å². The minimum absolute atomic E-state index is 0.192. The standard InChI is InChI=1S/C22H30N4O/c1-17(2)24-20-8-6-7-18(15-20)16-23-22(27)25-19-9-11-21(12-10-19)26-13-4-3-5-14-26/h6-12,15,17,24H,3-5,13-14,16H2,1-2H3,(H2,23,25,27). The lowest BCUT2D eigenvalue weighted by molar-refractivity contribution is 0.251. The van der Waals surface area contributed by atoms with E-state index in [0.29, 0.717) is 12.6 Å². The van der Waals surface area contributed by atoms with Gasteiger partial charge in [0.15, 0.2) is 0 Å². The van der Waals surface area contributed by atoms with E-state index in [2.05, 4.69) is 52.9 Å². The van der Waals surface area contributed by atoms with E-state index in [4.69, 9.17) is 0 Å². The van der Waals surface area contributed by atoms with Gasteiger partial charge in [-0.3, -0.25) is 0 Å². The van der Waals surface area contributed by atoms with Crippen molar-refractivity contribution in [2.75, 3.05) is 28.6 Å². The van der Waals surface area contributed by atoms with Crippen LogP contribution in [0.1, 0.15) is 38.7 Å². The molecule has 5 nitrogen and oxygen atoms in total. The summed E-state index contributed by atoms with van der Waals surface area (Å²) in [5.41, 5.74) is 4.17. The molecule has 0 aromatic heterocycles. The van der Waals surface area contributed by atoms with Crippen LogP contribution in [0.5, 0.6) is 0 Å². The Morgan fingerprint density at radius 1 is 1.00 bits per heavy atom. The molecule has 0 aliphatic carbocycles. The monoisotopic (exact) mass is 366 g/mol. The SMILES string of the molecule is CC(C)Nc1cccc(CNC(=O)Nc2ccc(N3CCCCC3)cc2)c1. The summed E-state index contributed by atoms with van der Waals surface area (Å²) in [6.07, 6.45) is 3.85. The van der Waals surface area contributed by atoms with Crippen LogP contribution in [-0.2, 0) is 6.54 Å². The molecule has 0 radical (unpaired) electrons. The number of nitrogens with zero attached hydrogens (tertiary/aromatic N) is 1. The quantitative estimate of drug-likeness (QED) is 0.687. The van der Waals surface area contributed by atoms with Gasteiger partial charge in [0.2, 0.25) is 0 Å². The van der Waals surface area contributed by atoms with Crippen molar-refractivity contribution < 1.29 is 4.79 Å². The fourth-order valence-electron chi connectivity index (χ4n) is 3.37. The van der Waals surface area contributed by atoms with Gasteiger partial charge in [-0.2, -0.15) is 0 Å². The molecule has 3 N–H and O–H groups in total. The molecule has 0 bridgehead atoms. The van der Waals surface area contributed by atoms with Crippen LogP contribution in [0, 0.1) is 0 Å². The summed E-state index contributed by atoms with van der Waals surface area (Å²) in [6.45, 7) is 6.95. The number of hydrogen-bond donors (Lipinski definition) is 3. The molecule has 1 heterocycles. The van der Waals surface area contributed by atoms with Crippen LogP contribution >= 0.6 is 0 Å². The topological polar surface area (TPSA) is 56.4 Å². The highest BCUT2D eigenvalue weighted by Crippen LogP contribution is 2.21. The van der Waals surface area contributed by atoms with E-state index in [1.54, 1.807) is 0 Å². The molecular weight excluding hydrogens is 336 g/mol. The van der Waals surface area contributed by atoms with Gasteiger partial charge in [0.05, 0.1) is 0 Å². The van der Waals surface area contributed by atoms with Crippen molar-refractivity contribution in [3.05, 3.63) is 54.1 Å². The van der Waals surface area contributed by atoms with Gasteiger partial charge in [-0.1, -0.05) is 12.1 Å². The predicted molar refractivity (Wildman–Crippen MR) is 114 cm³/mol. The number of carbonyl (C=O) groups excluding carboxylic acids is 1. The fraction of sp³-hybridized carbons (Fsp3) is 0.409. The predicted octanol–water partition coefficient (Wildman–Crippen LogP) is 4.82. The van der Waals surface area contributed by atoms with Crippen molar-refractivity contribution in [3.8, 4) is 0 Å². The summed E-state index contributed by atoms with van der Waals surface area (Å²) in [4.78, 5) is 14.6. The summed E-state index contributed by atoms with van der Waals surface area (Å²) >= 11 is 0. The number of hydrogen-bond acceptors (Lipinski definition) is 3. The zero-order chi connectivity index (χ0) is 19.1. The lowest BCUT2D eigenvalue weighted by Crippen LogP contribution is -2.29. The Hall–Kier alpha value is -2.69. The Balaban J connectivity index is 1.49. The molecule has 27 heavy (non-hydrogen) atoms. The Morgan fingerprint density at radius 2 is 1.74 bits per heavy atom. The average molecular weight is 367 g/mol. The molecule has 0 saturated carbocycles. The smallest absolute Gasteiger partial charge is 0.319 e. The highest BCUT2D eigenvalue weighted by molar-refractivity contribution is 5.89. The minimum atomic E-state index is -0.192. The first-order chi connectivity index (χ1) is 13.1. The van der Waals surface area contributed by atoms with Gasteiger partial charge in [0.1, 0.15) is 0 Å². The van der Waals surface area contributed by atoms with Gasteiger partial charge in [0.25, 0.3) is 0 Å². The molecule has 2 amide bonds. The Bertz CT molecular complexity index is 736. The third-order valence-electron chi connectivity index (χ3n) is 4.68. The van der Waals surface area contributed by atoms with Crippen LogP contribution in [0.4, 0.5) is 21.9 Å². The van der Waals surface area contributed by atoms with Crippen molar-refractivity contribution >= 4 is 23.1 Å². The number of carbonyl (C=O) groups is 1. The number of benzene rings is 2. The summed E-state index contributed by atoms with van der Waals surface area (Å²) in [5, 5.41) is 9.20. The lowest BCUT2D eigenvalue weighted by Gasteiger charge is -2.28. The van der Waals surface area contributed by atoms with Crippen LogP contribution in [-0.4, -0.2) is 25.2 Å². The normalized spacial score (nSPS) is 14.1. The maximum absolute atomic E-state index is 12.2. The van der Waals surface area contributed by atoms with Crippen LogP contribution in [0.2, 0.25) is 0 Å². The van der Waals surface area contributed by atoms with E-state index >= 15 is 0 Å². The molecule has 2 aromatic carbocycles. The summed E-state index contributed by atoms with van der Waals surface area (Å²) < 4.78 is 0. The first kappa shape index (κ1) is 19.1. The zero-order valence-corrected chi connectivity index (χ0v) is 16.3. The maximum Gasteiger partial charge on any atom is 0.319 e. The molecule has 0 unspecified atom stereocenters. The van der Waals surface area contributed by atoms with Gasteiger partial charge in [-0.05, 0) is 75.1 Å². The van der Waals surface area contributed by atoms with E-state index in [-0.39, 0.29) is 6.03 Å². The van der Waals surface area contributed by atoms with Gasteiger partial charge >= 0.3 is 6.03 Å². The molecule has 5 heteroatoms. The van der Waals surface area contributed by atoms with Crippen LogP contribution in [0.15, 0.2) is 48.5 Å². The summed E-state index contributed by atoms with van der Waals surface area (Å²) in [7, 11) is 0. The highest BCUT2D eigenvalue weighted by atomic mass is 16.2. The van der Waals surface area contributed by atoms with Gasteiger partial charge in [-0.15, -0.1) is 0 Å². The Morgan fingerprint density at radius 3 is 2.44 bits per heavy atom. The molecule has 1 saturated heterocycles. The molecule has 1 aliphatic heterocycles. The molecular formula is C22H30N4O. The largest absolute Gasteiger partial charge is 0.383 e. The van der Waals surface area contributed by atoms with Gasteiger partial charge < -0.3 is 20.9 Å². The van der Waals surface area contributed by atoms with E-state index in [1.165, 1.54) is 24.9 Å². The second-order valence-corrected chi connectivity index (χ2v) is 7.40. The molecule has 144 valence electrons. The van der Waals surface area contributed by atoms with Crippen molar-refractivity contribution in [1.29, 1.82) is 0 Å². The maximum atomic E-state index is 12.2. The van der Waals surface area contributed by atoms with E-state index in [1.807, 2.05) is 30.3 Å². The first-order valence-electron chi connectivity index (χ1n) is 9.85. The minimum Gasteiger partial charge on any atom is -0.383 e. The molecule has 2 aromatic rings. The molecule has 1 aliphatic rings. The third-order valence-corrected chi connectivity index (χ3v) is 4.68. The van der Waals surface area contributed by atoms with Crippen LogP contribution < -0.4 is 20.9 Å². The van der Waals surface area contributed by atoms with Crippen molar-refractivity contribution in [3.63, 3.8) is 0 Å².